The lowest BCUT2D eigenvalue weighted by molar-refractivity contribution is -0.137. The molecule has 0 aliphatic carbocycles. The van der Waals surface area contributed by atoms with E-state index in [1.165, 1.54) is 6.08 Å². The number of aromatic amines is 1. The second-order valence-electron chi connectivity index (χ2n) is 5.30. The van der Waals surface area contributed by atoms with Crippen LogP contribution in [0.5, 0.6) is 0 Å². The molecule has 2 rings (SSSR count). The third-order valence-corrected chi connectivity index (χ3v) is 3.34. The molecule has 0 aliphatic rings. The summed E-state index contributed by atoms with van der Waals surface area (Å²) in [5.41, 5.74) is 0.577. The Labute approximate surface area is 149 Å². The van der Waals surface area contributed by atoms with Gasteiger partial charge in [-0.15, -0.1) is 0 Å². The molecule has 0 radical (unpaired) electrons. The maximum Gasteiger partial charge on any atom is 0.330 e. The van der Waals surface area contributed by atoms with Crippen molar-refractivity contribution in [1.82, 2.24) is 9.78 Å². The number of benzene rings is 1. The zero-order valence-electron chi connectivity index (χ0n) is 14.2. The van der Waals surface area contributed by atoms with Crippen LogP contribution in [0.15, 0.2) is 52.1 Å². The average Bonchev–Trinajstić information content (AvgIpc) is 2.62. The molecule has 136 valence electrons. The van der Waals surface area contributed by atoms with Crippen molar-refractivity contribution in [3.8, 4) is 0 Å². The number of hydrogen-bond acceptors (Lipinski definition) is 5. The SMILES string of the molecule is CCOC(=O)/C=C/c1ccc(NC(=O)CCn2[nH]c(=O)ccc2=O)cc1. The average molecular weight is 357 g/mol. The molecule has 1 aromatic carbocycles. The fourth-order valence-electron chi connectivity index (χ4n) is 2.10. The quantitative estimate of drug-likeness (QED) is 0.570. The van der Waals surface area contributed by atoms with Crippen molar-refractivity contribution in [1.29, 1.82) is 0 Å². The van der Waals surface area contributed by atoms with Crippen LogP contribution in [0, 0.1) is 0 Å². The highest BCUT2D eigenvalue weighted by Crippen LogP contribution is 2.11. The van der Waals surface area contributed by atoms with Gasteiger partial charge in [0.1, 0.15) is 0 Å². The Balaban J connectivity index is 1.89. The Morgan fingerprint density at radius 1 is 1.15 bits per heavy atom. The van der Waals surface area contributed by atoms with E-state index in [9.17, 15) is 19.2 Å². The molecule has 2 aromatic rings. The Bertz CT molecular complexity index is 909. The van der Waals surface area contributed by atoms with Crippen LogP contribution in [0.3, 0.4) is 0 Å². The lowest BCUT2D eigenvalue weighted by Crippen LogP contribution is -2.29. The van der Waals surface area contributed by atoms with Crippen molar-refractivity contribution in [2.45, 2.75) is 19.9 Å². The predicted molar refractivity (Wildman–Crippen MR) is 96.7 cm³/mol. The fraction of sp³-hybridized carbons (Fsp3) is 0.222. The molecule has 0 aliphatic heterocycles. The topological polar surface area (TPSA) is 110 Å². The van der Waals surface area contributed by atoms with Gasteiger partial charge in [0, 0.05) is 30.3 Å². The third kappa shape index (κ3) is 5.90. The second kappa shape index (κ2) is 9.16. The number of hydrogen-bond donors (Lipinski definition) is 2. The summed E-state index contributed by atoms with van der Waals surface area (Å²) in [4.78, 5) is 46.0. The zero-order chi connectivity index (χ0) is 18.9. The number of ether oxygens (including phenoxy) is 1. The number of aryl methyl sites for hydroxylation is 1. The number of nitrogens with one attached hydrogen (secondary N) is 2. The van der Waals surface area contributed by atoms with E-state index >= 15 is 0 Å². The molecule has 1 aromatic heterocycles. The summed E-state index contributed by atoms with van der Waals surface area (Å²) in [7, 11) is 0. The van der Waals surface area contributed by atoms with Crippen molar-refractivity contribution in [2.24, 2.45) is 0 Å². The van der Waals surface area contributed by atoms with Crippen LogP contribution < -0.4 is 16.4 Å². The van der Waals surface area contributed by atoms with E-state index in [-0.39, 0.29) is 24.4 Å². The van der Waals surface area contributed by atoms with Crippen LogP contribution in [-0.2, 0) is 20.9 Å². The monoisotopic (exact) mass is 357 g/mol. The van der Waals surface area contributed by atoms with Crippen molar-refractivity contribution >= 4 is 23.6 Å². The summed E-state index contributed by atoms with van der Waals surface area (Å²) < 4.78 is 5.88. The smallest absolute Gasteiger partial charge is 0.330 e. The molecule has 0 fully saturated rings. The van der Waals surface area contributed by atoms with E-state index in [4.69, 9.17) is 4.74 Å². The van der Waals surface area contributed by atoms with Gasteiger partial charge >= 0.3 is 5.97 Å². The van der Waals surface area contributed by atoms with Crippen molar-refractivity contribution in [2.75, 3.05) is 11.9 Å². The van der Waals surface area contributed by atoms with Gasteiger partial charge in [-0.2, -0.15) is 0 Å². The predicted octanol–water partition coefficient (Wildman–Crippen LogP) is 1.14. The summed E-state index contributed by atoms with van der Waals surface area (Å²) in [6.07, 6.45) is 2.97. The molecule has 2 N–H and O–H groups in total. The number of anilines is 1. The molecule has 0 bridgehead atoms. The number of amides is 1. The number of rotatable bonds is 7. The lowest BCUT2D eigenvalue weighted by atomic mass is 10.2. The standard InChI is InChI=1S/C18H19N3O5/c1-2-26-18(25)10-5-13-3-6-14(7-4-13)19-15(22)11-12-21-17(24)9-8-16(23)20-21/h3-10H,2,11-12H2,1H3,(H,19,22)(H,20,23)/b10-5+. The van der Waals surface area contributed by atoms with Crippen molar-refractivity contribution in [3.63, 3.8) is 0 Å². The fourth-order valence-corrected chi connectivity index (χ4v) is 2.10. The van der Waals surface area contributed by atoms with Gasteiger partial charge in [0.2, 0.25) is 5.91 Å². The Morgan fingerprint density at radius 2 is 1.88 bits per heavy atom. The van der Waals surface area contributed by atoms with Crippen LogP contribution in [0.1, 0.15) is 18.9 Å². The van der Waals surface area contributed by atoms with E-state index in [0.717, 1.165) is 22.4 Å². The highest BCUT2D eigenvalue weighted by Gasteiger charge is 2.04. The molecule has 8 heteroatoms. The molecule has 8 nitrogen and oxygen atoms in total. The first-order chi connectivity index (χ1) is 12.5. The number of aromatic nitrogens is 2. The highest BCUT2D eigenvalue weighted by molar-refractivity contribution is 5.91. The molecular weight excluding hydrogens is 338 g/mol. The normalized spacial score (nSPS) is 10.7. The molecule has 0 atom stereocenters. The molecule has 26 heavy (non-hydrogen) atoms. The third-order valence-electron chi connectivity index (χ3n) is 3.34. The minimum absolute atomic E-state index is 0.0321. The maximum atomic E-state index is 12.0. The molecule has 0 saturated heterocycles. The van der Waals surface area contributed by atoms with Crippen LogP contribution >= 0.6 is 0 Å². The first-order valence-corrected chi connectivity index (χ1v) is 8.03. The van der Waals surface area contributed by atoms with Crippen LogP contribution in [-0.4, -0.2) is 28.3 Å². The molecule has 0 spiro atoms. The molecule has 0 saturated carbocycles. The van der Waals surface area contributed by atoms with Gasteiger partial charge in [-0.3, -0.25) is 19.5 Å². The number of nitrogens with zero attached hydrogens (tertiary/aromatic N) is 1. The Kier molecular flexibility index (Phi) is 6.67. The minimum atomic E-state index is -0.418. The number of H-pyrrole nitrogens is 1. The van der Waals surface area contributed by atoms with Gasteiger partial charge in [0.25, 0.3) is 11.1 Å². The molecule has 1 heterocycles. The Hall–Kier alpha value is -3.42. The van der Waals surface area contributed by atoms with E-state index in [0.29, 0.717) is 12.3 Å². The number of carbonyl (C=O) groups excluding carboxylic acids is 2. The Morgan fingerprint density at radius 3 is 2.58 bits per heavy atom. The van der Waals surface area contributed by atoms with Crippen LogP contribution in [0.2, 0.25) is 0 Å². The van der Waals surface area contributed by atoms with Gasteiger partial charge in [-0.25, -0.2) is 9.48 Å². The second-order valence-corrected chi connectivity index (χ2v) is 5.30. The van der Waals surface area contributed by atoms with E-state index < -0.39 is 11.5 Å². The zero-order valence-corrected chi connectivity index (χ0v) is 14.2. The van der Waals surface area contributed by atoms with E-state index in [2.05, 4.69) is 10.4 Å². The molecule has 1 amide bonds. The van der Waals surface area contributed by atoms with Gasteiger partial charge in [0.15, 0.2) is 0 Å². The van der Waals surface area contributed by atoms with Crippen LogP contribution in [0.4, 0.5) is 5.69 Å². The van der Waals surface area contributed by atoms with Gasteiger partial charge in [0.05, 0.1) is 13.2 Å². The van der Waals surface area contributed by atoms with Gasteiger partial charge in [-0.05, 0) is 30.7 Å². The highest BCUT2D eigenvalue weighted by atomic mass is 16.5. The first-order valence-electron chi connectivity index (χ1n) is 8.03. The summed E-state index contributed by atoms with van der Waals surface area (Å²) in [5.74, 6) is -0.713. The van der Waals surface area contributed by atoms with Gasteiger partial charge in [-0.1, -0.05) is 12.1 Å². The van der Waals surface area contributed by atoms with E-state index in [1.54, 1.807) is 37.3 Å². The maximum absolute atomic E-state index is 12.0. The number of esters is 1. The van der Waals surface area contributed by atoms with Crippen molar-refractivity contribution < 1.29 is 14.3 Å². The summed E-state index contributed by atoms with van der Waals surface area (Å²) in [5, 5.41) is 5.05. The number of carbonyl (C=O) groups is 2. The molecule has 0 unspecified atom stereocenters. The van der Waals surface area contributed by atoms with Crippen LogP contribution in [0.25, 0.3) is 6.08 Å². The minimum Gasteiger partial charge on any atom is -0.463 e. The molecular formula is C18H19N3O5. The van der Waals surface area contributed by atoms with Gasteiger partial charge < -0.3 is 10.1 Å². The first kappa shape index (κ1) is 18.9. The summed E-state index contributed by atoms with van der Waals surface area (Å²) in [6.45, 7) is 2.12. The van der Waals surface area contributed by atoms with E-state index in [1.807, 2.05) is 0 Å². The largest absolute Gasteiger partial charge is 0.463 e. The lowest BCUT2D eigenvalue weighted by Gasteiger charge is -2.07. The summed E-state index contributed by atoms with van der Waals surface area (Å²) in [6, 6.07) is 9.16. The van der Waals surface area contributed by atoms with Crippen molar-refractivity contribution in [3.05, 3.63) is 68.7 Å². The summed E-state index contributed by atoms with van der Waals surface area (Å²) >= 11 is 0.